The second-order valence-electron chi connectivity index (χ2n) is 6.51. The fraction of sp³-hybridized carbons (Fsp3) is 0.438. The minimum absolute atomic E-state index is 0.0319. The zero-order chi connectivity index (χ0) is 17.8. The molecule has 3 N–H and O–H groups in total. The Bertz CT molecular complexity index is 841. The van der Waals surface area contributed by atoms with Gasteiger partial charge in [0.05, 0.1) is 17.0 Å². The quantitative estimate of drug-likeness (QED) is 0.887. The first-order valence-electron chi connectivity index (χ1n) is 8.01. The van der Waals surface area contributed by atoms with Crippen molar-refractivity contribution in [2.45, 2.75) is 38.0 Å². The highest BCUT2D eigenvalue weighted by Crippen LogP contribution is 2.38. The van der Waals surface area contributed by atoms with Crippen molar-refractivity contribution in [2.75, 3.05) is 5.73 Å². The van der Waals surface area contributed by atoms with Crippen molar-refractivity contribution in [3.8, 4) is 11.4 Å². The largest absolute Gasteiger partial charge is 0.406 e. The summed E-state index contributed by atoms with van der Waals surface area (Å²) >= 11 is 0. The molecule has 1 unspecified atom stereocenters. The third-order valence-corrected chi connectivity index (χ3v) is 4.65. The average Bonchev–Trinajstić information content (AvgIpc) is 3.30. The zero-order valence-corrected chi connectivity index (χ0v) is 13.2. The van der Waals surface area contributed by atoms with Crippen LogP contribution in [-0.4, -0.2) is 32.7 Å². The third-order valence-electron chi connectivity index (χ3n) is 4.65. The van der Waals surface area contributed by atoms with E-state index in [-0.39, 0.29) is 34.8 Å². The monoisotopic (exact) mass is 351 g/mol. The highest BCUT2D eigenvalue weighted by atomic mass is 19.4. The third kappa shape index (κ3) is 3.06. The lowest BCUT2D eigenvalue weighted by Gasteiger charge is -2.26. The van der Waals surface area contributed by atoms with Crippen LogP contribution in [0, 0.1) is 5.92 Å². The number of aromatic nitrogens is 3. The molecule has 1 aliphatic carbocycles. The van der Waals surface area contributed by atoms with E-state index >= 15 is 0 Å². The van der Waals surface area contributed by atoms with Crippen molar-refractivity contribution < 1.29 is 18.0 Å². The van der Waals surface area contributed by atoms with Gasteiger partial charge in [0, 0.05) is 24.4 Å². The zero-order valence-electron chi connectivity index (χ0n) is 13.2. The van der Waals surface area contributed by atoms with E-state index < -0.39 is 12.7 Å². The maximum Gasteiger partial charge on any atom is 0.406 e. The number of carbonyl (C=O) groups is 1. The van der Waals surface area contributed by atoms with Gasteiger partial charge in [-0.1, -0.05) is 0 Å². The summed E-state index contributed by atoms with van der Waals surface area (Å²) in [7, 11) is 0. The number of amides is 1. The van der Waals surface area contributed by atoms with Gasteiger partial charge in [0.2, 0.25) is 5.95 Å². The number of nitrogens with one attached hydrogen (secondary N) is 1. The smallest absolute Gasteiger partial charge is 0.368 e. The van der Waals surface area contributed by atoms with E-state index in [9.17, 15) is 18.0 Å². The molecular formula is C16H16F3N5O. The van der Waals surface area contributed by atoms with Gasteiger partial charge >= 0.3 is 6.18 Å². The molecule has 9 heteroatoms. The lowest BCUT2D eigenvalue weighted by atomic mass is 9.98. The Morgan fingerprint density at radius 3 is 2.76 bits per heavy atom. The normalized spacial score (nSPS) is 20.3. The molecule has 4 rings (SSSR count). The number of nitrogens with two attached hydrogens (primary N) is 1. The van der Waals surface area contributed by atoms with Crippen LogP contribution < -0.4 is 11.1 Å². The van der Waals surface area contributed by atoms with Gasteiger partial charge in [-0.15, -0.1) is 0 Å². The summed E-state index contributed by atoms with van der Waals surface area (Å²) in [5, 5.41) is 2.91. The van der Waals surface area contributed by atoms with Crippen LogP contribution in [0.15, 0.2) is 18.3 Å². The van der Waals surface area contributed by atoms with Gasteiger partial charge in [-0.05, 0) is 30.9 Å². The molecule has 1 fully saturated rings. The topological polar surface area (TPSA) is 85.8 Å². The summed E-state index contributed by atoms with van der Waals surface area (Å²) in [5.41, 5.74) is 6.73. The molecule has 1 saturated carbocycles. The first-order chi connectivity index (χ1) is 11.8. The number of rotatable bonds is 3. The highest BCUT2D eigenvalue weighted by molar-refractivity contribution is 5.98. The minimum Gasteiger partial charge on any atom is -0.368 e. The first kappa shape index (κ1) is 15.9. The maximum atomic E-state index is 13.2. The number of fused-ring (bicyclic) bond motifs is 1. The van der Waals surface area contributed by atoms with E-state index in [2.05, 4.69) is 15.3 Å². The molecule has 132 valence electrons. The Morgan fingerprint density at radius 1 is 1.36 bits per heavy atom. The second-order valence-corrected chi connectivity index (χ2v) is 6.51. The van der Waals surface area contributed by atoms with Crippen molar-refractivity contribution in [3.05, 3.63) is 29.6 Å². The van der Waals surface area contributed by atoms with Crippen LogP contribution in [0.5, 0.6) is 0 Å². The molecule has 1 aliphatic heterocycles. The summed E-state index contributed by atoms with van der Waals surface area (Å²) in [6.45, 7) is -1.17. The number of anilines is 1. The summed E-state index contributed by atoms with van der Waals surface area (Å²) < 4.78 is 40.6. The molecule has 0 spiro atoms. The van der Waals surface area contributed by atoms with Crippen molar-refractivity contribution in [1.82, 2.24) is 19.9 Å². The van der Waals surface area contributed by atoms with Gasteiger partial charge < -0.3 is 15.6 Å². The molecule has 6 nitrogen and oxygen atoms in total. The molecule has 3 heterocycles. The number of hydrogen-bond donors (Lipinski definition) is 2. The Labute approximate surface area is 141 Å². The van der Waals surface area contributed by atoms with Crippen molar-refractivity contribution >= 4 is 11.9 Å². The SMILES string of the molecule is Nc1nccc(-c2cc3c(n2CC(F)(F)F)CC(C2CC2)NC3=O)n1. The van der Waals surface area contributed by atoms with Crippen LogP contribution in [0.4, 0.5) is 19.1 Å². The van der Waals surface area contributed by atoms with Gasteiger partial charge in [-0.2, -0.15) is 13.2 Å². The molecule has 0 radical (unpaired) electrons. The molecule has 25 heavy (non-hydrogen) atoms. The molecule has 0 bridgehead atoms. The van der Waals surface area contributed by atoms with Crippen LogP contribution in [0.25, 0.3) is 11.4 Å². The Balaban J connectivity index is 1.84. The lowest BCUT2D eigenvalue weighted by Crippen LogP contribution is -2.43. The van der Waals surface area contributed by atoms with Gasteiger partial charge in [0.15, 0.2) is 0 Å². The Hall–Kier alpha value is -2.58. The van der Waals surface area contributed by atoms with Gasteiger partial charge in [0.25, 0.3) is 5.91 Å². The van der Waals surface area contributed by atoms with E-state index in [1.54, 1.807) is 0 Å². The van der Waals surface area contributed by atoms with Crippen molar-refractivity contribution in [1.29, 1.82) is 0 Å². The average molecular weight is 351 g/mol. The molecule has 2 aromatic heterocycles. The van der Waals surface area contributed by atoms with E-state index in [4.69, 9.17) is 5.73 Å². The molecule has 2 aliphatic rings. The molecule has 1 amide bonds. The summed E-state index contributed by atoms with van der Waals surface area (Å²) in [5.74, 6) is -0.0117. The number of alkyl halides is 3. The van der Waals surface area contributed by atoms with Crippen LogP contribution >= 0.6 is 0 Å². The fourth-order valence-corrected chi connectivity index (χ4v) is 3.38. The maximum absolute atomic E-state index is 13.2. The van der Waals surface area contributed by atoms with E-state index in [1.165, 1.54) is 18.3 Å². The number of nitrogens with zero attached hydrogens (tertiary/aromatic N) is 3. The van der Waals surface area contributed by atoms with Crippen LogP contribution in [0.1, 0.15) is 28.9 Å². The van der Waals surface area contributed by atoms with Gasteiger partial charge in [-0.25, -0.2) is 9.97 Å². The number of carbonyl (C=O) groups excluding carboxylic acids is 1. The molecule has 2 aromatic rings. The van der Waals surface area contributed by atoms with Crippen molar-refractivity contribution in [2.24, 2.45) is 5.92 Å². The fourth-order valence-electron chi connectivity index (χ4n) is 3.38. The molecule has 0 saturated heterocycles. The molecule has 0 aromatic carbocycles. The Morgan fingerprint density at radius 2 is 2.12 bits per heavy atom. The van der Waals surface area contributed by atoms with E-state index in [0.717, 1.165) is 17.4 Å². The van der Waals surface area contributed by atoms with Crippen LogP contribution in [0.2, 0.25) is 0 Å². The summed E-state index contributed by atoms with van der Waals surface area (Å²) in [6, 6.07) is 2.84. The Kier molecular flexibility index (Phi) is 3.48. The number of hydrogen-bond acceptors (Lipinski definition) is 4. The van der Waals surface area contributed by atoms with E-state index in [0.29, 0.717) is 18.0 Å². The predicted molar refractivity (Wildman–Crippen MR) is 83.6 cm³/mol. The second kappa shape index (κ2) is 5.47. The minimum atomic E-state index is -4.41. The van der Waals surface area contributed by atoms with Crippen LogP contribution in [0.3, 0.4) is 0 Å². The first-order valence-corrected chi connectivity index (χ1v) is 8.01. The summed E-state index contributed by atoms with van der Waals surface area (Å²) in [6.07, 6.45) is -0.648. The molecule has 1 atom stereocenters. The predicted octanol–water partition coefficient (Wildman–Crippen LogP) is 2.15. The number of nitrogen functional groups attached to an aromatic ring is 1. The van der Waals surface area contributed by atoms with Gasteiger partial charge in [0.1, 0.15) is 6.54 Å². The highest BCUT2D eigenvalue weighted by Gasteiger charge is 2.40. The molecular weight excluding hydrogens is 335 g/mol. The van der Waals surface area contributed by atoms with Gasteiger partial charge in [-0.3, -0.25) is 4.79 Å². The summed E-state index contributed by atoms with van der Waals surface area (Å²) in [4.78, 5) is 20.2. The van der Waals surface area contributed by atoms with Crippen LogP contribution in [-0.2, 0) is 13.0 Å². The lowest BCUT2D eigenvalue weighted by molar-refractivity contribution is -0.140. The van der Waals surface area contributed by atoms with E-state index in [1.807, 2.05) is 0 Å². The van der Waals surface area contributed by atoms with Crippen molar-refractivity contribution in [3.63, 3.8) is 0 Å². The standard InChI is InChI=1S/C16H16F3N5O/c17-16(18,19)7-24-12-6-11(8-1-2-8)22-14(25)9(12)5-13(24)10-3-4-21-15(20)23-10/h3-5,8,11H,1-2,6-7H2,(H,22,25)(H2,20,21,23). The number of halogens is 3.